The summed E-state index contributed by atoms with van der Waals surface area (Å²) in [4.78, 5) is 0. The SMILES string of the molecule is CCCCCCCCCCCCOc1cc(-c2ccccc2-c2ccccc2)c(OCCCCCCCCCCCC)c(OCCCCCCCCCCCC)c1OCCCCCCCCCCCC. The fourth-order valence-electron chi connectivity index (χ4n) is 9.97. The van der Waals surface area contributed by atoms with Crippen LogP contribution in [0.4, 0.5) is 0 Å². The van der Waals surface area contributed by atoms with E-state index >= 15 is 0 Å². The quantitative estimate of drug-likeness (QED) is 0.0528. The van der Waals surface area contributed by atoms with Crippen LogP contribution in [0, 0.1) is 0 Å². The van der Waals surface area contributed by atoms with Crippen LogP contribution in [0.5, 0.6) is 23.0 Å². The van der Waals surface area contributed by atoms with Crippen LogP contribution in [0.2, 0.25) is 0 Å². The number of hydrogen-bond acceptors (Lipinski definition) is 4. The molecule has 0 atom stereocenters. The van der Waals surface area contributed by atoms with E-state index in [1.165, 1.54) is 242 Å². The van der Waals surface area contributed by atoms with Crippen molar-refractivity contribution in [1.29, 1.82) is 0 Å². The normalized spacial score (nSPS) is 11.4. The highest BCUT2D eigenvalue weighted by Gasteiger charge is 2.26. The Morgan fingerprint density at radius 3 is 0.900 bits per heavy atom. The molecule has 0 aliphatic rings. The van der Waals surface area contributed by atoms with Gasteiger partial charge in [-0.05, 0) is 48.4 Å². The number of benzene rings is 3. The molecule has 4 nitrogen and oxygen atoms in total. The second-order valence-corrected chi connectivity index (χ2v) is 20.9. The van der Waals surface area contributed by atoms with E-state index in [0.29, 0.717) is 26.4 Å². The lowest BCUT2D eigenvalue weighted by molar-refractivity contribution is 0.220. The summed E-state index contributed by atoms with van der Waals surface area (Å²) in [6.07, 6.45) is 51.9. The molecule has 0 radical (unpaired) electrons. The van der Waals surface area contributed by atoms with E-state index in [9.17, 15) is 0 Å². The number of unbranched alkanes of at least 4 members (excludes halogenated alkanes) is 36. The monoisotopic (exact) mass is 967 g/mol. The fraction of sp³-hybridized carbons (Fsp3) is 0.727. The molecule has 0 N–H and O–H groups in total. The lowest BCUT2D eigenvalue weighted by Crippen LogP contribution is -2.10. The van der Waals surface area contributed by atoms with Crippen molar-refractivity contribution in [1.82, 2.24) is 0 Å². The van der Waals surface area contributed by atoms with Gasteiger partial charge in [0.25, 0.3) is 0 Å². The van der Waals surface area contributed by atoms with E-state index in [1.54, 1.807) is 0 Å². The van der Waals surface area contributed by atoms with Crippen molar-refractivity contribution in [2.45, 2.75) is 285 Å². The predicted octanol–water partition coefficient (Wildman–Crippen LogP) is 22.2. The molecule has 0 aliphatic carbocycles. The Labute approximate surface area is 434 Å². The van der Waals surface area contributed by atoms with Crippen molar-refractivity contribution in [3.8, 4) is 45.3 Å². The summed E-state index contributed by atoms with van der Waals surface area (Å²) in [5.41, 5.74) is 4.56. The molecule has 0 bridgehead atoms. The molecule has 0 unspecified atom stereocenters. The molecule has 0 heterocycles. The minimum absolute atomic E-state index is 0.640. The van der Waals surface area contributed by atoms with E-state index in [1.807, 2.05) is 0 Å². The first-order valence-corrected chi connectivity index (χ1v) is 30.6. The van der Waals surface area contributed by atoms with Crippen molar-refractivity contribution < 1.29 is 18.9 Å². The number of hydrogen-bond donors (Lipinski definition) is 0. The van der Waals surface area contributed by atoms with Crippen molar-refractivity contribution >= 4 is 0 Å². The third-order valence-electron chi connectivity index (χ3n) is 14.4. The summed E-state index contributed by atoms with van der Waals surface area (Å²) in [5, 5.41) is 0. The van der Waals surface area contributed by atoms with Gasteiger partial charge in [0.1, 0.15) is 0 Å². The van der Waals surface area contributed by atoms with Crippen LogP contribution in [0.3, 0.4) is 0 Å². The zero-order valence-corrected chi connectivity index (χ0v) is 46.5. The lowest BCUT2D eigenvalue weighted by atomic mass is 9.93. The molecule has 0 spiro atoms. The highest BCUT2D eigenvalue weighted by molar-refractivity contribution is 5.89. The molecule has 4 heteroatoms. The van der Waals surface area contributed by atoms with Crippen molar-refractivity contribution in [2.24, 2.45) is 0 Å². The zero-order chi connectivity index (χ0) is 49.6. The van der Waals surface area contributed by atoms with Gasteiger partial charge in [0, 0.05) is 5.56 Å². The van der Waals surface area contributed by atoms with Crippen LogP contribution in [0.15, 0.2) is 60.7 Å². The molecule has 0 fully saturated rings. The van der Waals surface area contributed by atoms with Gasteiger partial charge in [-0.2, -0.15) is 0 Å². The van der Waals surface area contributed by atoms with Gasteiger partial charge in [0.15, 0.2) is 11.5 Å². The highest BCUT2D eigenvalue weighted by atomic mass is 16.6. The topological polar surface area (TPSA) is 36.9 Å². The van der Waals surface area contributed by atoms with E-state index in [2.05, 4.69) is 88.4 Å². The Kier molecular flexibility index (Phi) is 38.9. The van der Waals surface area contributed by atoms with Gasteiger partial charge >= 0.3 is 0 Å². The largest absolute Gasteiger partial charge is 0.490 e. The molecule has 398 valence electrons. The highest BCUT2D eigenvalue weighted by Crippen LogP contribution is 2.52. The van der Waals surface area contributed by atoms with Crippen LogP contribution < -0.4 is 18.9 Å². The van der Waals surface area contributed by atoms with Crippen molar-refractivity contribution in [2.75, 3.05) is 26.4 Å². The Morgan fingerprint density at radius 1 is 0.243 bits per heavy atom. The van der Waals surface area contributed by atoms with Gasteiger partial charge in [0.05, 0.1) is 26.4 Å². The third kappa shape index (κ3) is 28.8. The maximum atomic E-state index is 7.09. The molecular weight excluding hydrogens is 857 g/mol. The van der Waals surface area contributed by atoms with Crippen molar-refractivity contribution in [3.05, 3.63) is 60.7 Å². The molecule has 3 aromatic carbocycles. The average molecular weight is 968 g/mol. The smallest absolute Gasteiger partial charge is 0.208 e. The second-order valence-electron chi connectivity index (χ2n) is 20.9. The van der Waals surface area contributed by atoms with E-state index in [-0.39, 0.29) is 0 Å². The standard InChI is InChI=1S/C66H110O4/c1-5-9-13-17-21-25-29-33-37-46-54-67-63-58-62(61-53-45-44-52-60(61)59-50-42-41-43-51-59)64(68-55-47-38-34-30-26-22-18-14-10-6-2)66(70-57-49-40-36-32-28-24-20-16-12-8-4)65(63)69-56-48-39-35-31-27-23-19-15-11-7-3/h41-45,50-53,58H,5-40,46-49,54-57H2,1-4H3. The maximum Gasteiger partial charge on any atom is 0.208 e. The minimum Gasteiger partial charge on any atom is -0.490 e. The van der Waals surface area contributed by atoms with Gasteiger partial charge in [-0.1, -0.05) is 313 Å². The summed E-state index contributed by atoms with van der Waals surface area (Å²) in [5.74, 6) is 3.10. The molecule has 0 amide bonds. The summed E-state index contributed by atoms with van der Waals surface area (Å²) in [7, 11) is 0. The molecular formula is C66H110O4. The molecule has 0 aliphatic heterocycles. The number of rotatable bonds is 50. The van der Waals surface area contributed by atoms with E-state index in [4.69, 9.17) is 18.9 Å². The molecule has 3 rings (SSSR count). The van der Waals surface area contributed by atoms with Gasteiger partial charge in [-0.25, -0.2) is 0 Å². The summed E-state index contributed by atoms with van der Waals surface area (Å²) < 4.78 is 28.0. The Balaban J connectivity index is 1.91. The van der Waals surface area contributed by atoms with Gasteiger partial charge in [-0.15, -0.1) is 0 Å². The molecule has 0 saturated carbocycles. The first-order valence-electron chi connectivity index (χ1n) is 30.6. The minimum atomic E-state index is 0.640. The molecule has 0 saturated heterocycles. The molecule has 70 heavy (non-hydrogen) atoms. The number of ether oxygens (including phenoxy) is 4. The Morgan fingerprint density at radius 2 is 0.529 bits per heavy atom. The van der Waals surface area contributed by atoms with E-state index in [0.717, 1.165) is 59.8 Å². The Hall–Kier alpha value is -3.14. The summed E-state index contributed by atoms with van der Waals surface area (Å²) in [6.45, 7) is 11.8. The van der Waals surface area contributed by atoms with Crippen LogP contribution in [-0.4, -0.2) is 26.4 Å². The van der Waals surface area contributed by atoms with Crippen LogP contribution >= 0.6 is 0 Å². The third-order valence-corrected chi connectivity index (χ3v) is 14.4. The predicted molar refractivity (Wildman–Crippen MR) is 307 cm³/mol. The second kappa shape index (κ2) is 44.6. The fourth-order valence-corrected chi connectivity index (χ4v) is 9.97. The Bertz CT molecular complexity index is 1600. The zero-order valence-electron chi connectivity index (χ0n) is 46.5. The van der Waals surface area contributed by atoms with Crippen LogP contribution in [0.25, 0.3) is 22.3 Å². The average Bonchev–Trinajstić information content (AvgIpc) is 3.39. The van der Waals surface area contributed by atoms with E-state index < -0.39 is 0 Å². The maximum absolute atomic E-state index is 7.09. The van der Waals surface area contributed by atoms with Gasteiger partial charge in [0.2, 0.25) is 11.5 Å². The molecule has 0 aromatic heterocycles. The first-order chi connectivity index (χ1) is 34.7. The summed E-state index contributed by atoms with van der Waals surface area (Å²) in [6, 6.07) is 21.9. The van der Waals surface area contributed by atoms with Crippen LogP contribution in [0.1, 0.15) is 285 Å². The lowest BCUT2D eigenvalue weighted by Gasteiger charge is -2.24. The van der Waals surface area contributed by atoms with Gasteiger partial charge in [-0.3, -0.25) is 0 Å². The van der Waals surface area contributed by atoms with Crippen molar-refractivity contribution in [3.63, 3.8) is 0 Å². The van der Waals surface area contributed by atoms with Gasteiger partial charge < -0.3 is 18.9 Å². The van der Waals surface area contributed by atoms with Crippen LogP contribution in [-0.2, 0) is 0 Å². The summed E-state index contributed by atoms with van der Waals surface area (Å²) >= 11 is 0. The molecule has 3 aromatic rings. The first kappa shape index (κ1) is 61.2.